The van der Waals surface area contributed by atoms with Crippen molar-refractivity contribution in [3.8, 4) is 0 Å². The van der Waals surface area contributed by atoms with Crippen LogP contribution in [0.3, 0.4) is 0 Å². The van der Waals surface area contributed by atoms with Crippen LogP contribution in [-0.4, -0.2) is 28.1 Å². The highest BCUT2D eigenvalue weighted by molar-refractivity contribution is 9.10. The predicted molar refractivity (Wildman–Crippen MR) is 104 cm³/mol. The lowest BCUT2D eigenvalue weighted by Crippen LogP contribution is -2.18. The number of anilines is 1. The van der Waals surface area contributed by atoms with Gasteiger partial charge in [0, 0.05) is 34.1 Å². The van der Waals surface area contributed by atoms with Crippen LogP contribution >= 0.6 is 28.3 Å². The lowest BCUT2D eigenvalue weighted by molar-refractivity contribution is -0.118. The molecule has 0 saturated carbocycles. The van der Waals surface area contributed by atoms with Crippen LogP contribution in [0.1, 0.15) is 32.8 Å². The van der Waals surface area contributed by atoms with E-state index in [1.165, 1.54) is 0 Å². The molecule has 1 amide bonds. The molecule has 0 bridgehead atoms. The Morgan fingerprint density at radius 3 is 2.71 bits per heavy atom. The molecule has 0 aliphatic heterocycles. The SMILES string of the molecule is CC(C)C(=O)Nc1c[nH]c2ncc(Br)c(C(=N)C[C@@H](C)CN)c12.Cl. The third-order valence-electron chi connectivity index (χ3n) is 3.69. The minimum atomic E-state index is -0.125. The van der Waals surface area contributed by atoms with Gasteiger partial charge in [0.2, 0.25) is 5.91 Å². The maximum absolute atomic E-state index is 12.0. The zero-order valence-electron chi connectivity index (χ0n) is 13.9. The van der Waals surface area contributed by atoms with Crippen LogP contribution in [0.5, 0.6) is 0 Å². The molecule has 0 fully saturated rings. The van der Waals surface area contributed by atoms with Crippen molar-refractivity contribution in [2.45, 2.75) is 27.2 Å². The standard InChI is InChI=1S/C16H22BrN5O.ClH/c1-8(2)16(23)22-12-7-21-15-14(12)13(10(17)6-20-15)11(19)4-9(3)5-18;/h6-9,19H,4-5,18H2,1-3H3,(H,20,21)(H,22,23);1H/t9-;/m1./s1. The second kappa shape index (κ2) is 8.60. The average molecular weight is 417 g/mol. The quantitative estimate of drug-likeness (QED) is 0.539. The average Bonchev–Trinajstić information content (AvgIpc) is 2.89. The van der Waals surface area contributed by atoms with Crippen molar-refractivity contribution in [3.05, 3.63) is 22.4 Å². The fraction of sp³-hybridized carbons (Fsp3) is 0.438. The Bertz CT molecular complexity index is 743. The summed E-state index contributed by atoms with van der Waals surface area (Å²) in [5.41, 5.74) is 8.19. The highest BCUT2D eigenvalue weighted by Gasteiger charge is 2.19. The summed E-state index contributed by atoms with van der Waals surface area (Å²) in [5.74, 6) is 0.0178. The molecule has 0 saturated heterocycles. The monoisotopic (exact) mass is 415 g/mol. The van der Waals surface area contributed by atoms with Crippen LogP contribution in [0.15, 0.2) is 16.9 Å². The van der Waals surface area contributed by atoms with Crippen molar-refractivity contribution in [2.24, 2.45) is 17.6 Å². The van der Waals surface area contributed by atoms with Crippen LogP contribution < -0.4 is 11.1 Å². The number of nitrogens with two attached hydrogens (primary N) is 1. The van der Waals surface area contributed by atoms with Crippen LogP contribution in [0.2, 0.25) is 0 Å². The van der Waals surface area contributed by atoms with Crippen molar-refractivity contribution in [1.29, 1.82) is 5.41 Å². The van der Waals surface area contributed by atoms with Gasteiger partial charge in [0.15, 0.2) is 0 Å². The predicted octanol–water partition coefficient (Wildman–Crippen LogP) is 3.69. The second-order valence-electron chi connectivity index (χ2n) is 6.07. The molecule has 0 aromatic carbocycles. The molecule has 2 rings (SSSR count). The number of halogens is 2. The van der Waals surface area contributed by atoms with Gasteiger partial charge in [0.1, 0.15) is 5.65 Å². The van der Waals surface area contributed by atoms with E-state index in [2.05, 4.69) is 31.2 Å². The van der Waals surface area contributed by atoms with Gasteiger partial charge in [-0.05, 0) is 34.8 Å². The van der Waals surface area contributed by atoms with E-state index in [0.717, 1.165) is 15.4 Å². The van der Waals surface area contributed by atoms with Gasteiger partial charge in [-0.25, -0.2) is 4.98 Å². The maximum Gasteiger partial charge on any atom is 0.226 e. The highest BCUT2D eigenvalue weighted by atomic mass is 79.9. The number of aromatic nitrogens is 2. The molecule has 1 atom stereocenters. The minimum Gasteiger partial charge on any atom is -0.344 e. The Labute approximate surface area is 156 Å². The lowest BCUT2D eigenvalue weighted by Gasteiger charge is -2.14. The van der Waals surface area contributed by atoms with E-state index in [1.54, 1.807) is 12.4 Å². The zero-order valence-corrected chi connectivity index (χ0v) is 16.3. The Morgan fingerprint density at radius 1 is 1.46 bits per heavy atom. The number of nitrogens with zero attached hydrogens (tertiary/aromatic N) is 1. The third kappa shape index (κ3) is 4.34. The van der Waals surface area contributed by atoms with Crippen molar-refractivity contribution >= 4 is 56.7 Å². The number of hydrogen-bond acceptors (Lipinski definition) is 4. The van der Waals surface area contributed by atoms with Crippen LogP contribution in [-0.2, 0) is 4.79 Å². The molecular formula is C16H23BrClN5O. The first-order chi connectivity index (χ1) is 10.8. The van der Waals surface area contributed by atoms with Crippen molar-refractivity contribution in [3.63, 3.8) is 0 Å². The summed E-state index contributed by atoms with van der Waals surface area (Å²) in [7, 11) is 0. The van der Waals surface area contributed by atoms with Crippen molar-refractivity contribution in [2.75, 3.05) is 11.9 Å². The maximum atomic E-state index is 12.0. The molecule has 0 unspecified atom stereocenters. The first-order valence-electron chi connectivity index (χ1n) is 7.59. The van der Waals surface area contributed by atoms with E-state index in [1.807, 2.05) is 20.8 Å². The van der Waals surface area contributed by atoms with Gasteiger partial charge in [-0.1, -0.05) is 20.8 Å². The van der Waals surface area contributed by atoms with Gasteiger partial charge in [-0.2, -0.15) is 0 Å². The highest BCUT2D eigenvalue weighted by Crippen LogP contribution is 2.32. The molecular weight excluding hydrogens is 394 g/mol. The van der Waals surface area contributed by atoms with Gasteiger partial charge >= 0.3 is 0 Å². The molecule has 6 nitrogen and oxygen atoms in total. The first kappa shape index (κ1) is 20.6. The molecule has 0 aliphatic carbocycles. The number of pyridine rings is 1. The molecule has 0 aliphatic rings. The summed E-state index contributed by atoms with van der Waals surface area (Å²) in [6.45, 7) is 6.21. The van der Waals surface area contributed by atoms with E-state index >= 15 is 0 Å². The summed E-state index contributed by atoms with van der Waals surface area (Å²) in [4.78, 5) is 19.4. The van der Waals surface area contributed by atoms with Crippen molar-refractivity contribution < 1.29 is 4.79 Å². The first-order valence-corrected chi connectivity index (χ1v) is 8.38. The molecule has 2 aromatic heterocycles. The summed E-state index contributed by atoms with van der Waals surface area (Å²) in [6, 6.07) is 0. The molecule has 24 heavy (non-hydrogen) atoms. The van der Waals surface area contributed by atoms with Crippen molar-refractivity contribution in [1.82, 2.24) is 9.97 Å². The fourth-order valence-electron chi connectivity index (χ4n) is 2.28. The minimum absolute atomic E-state index is 0. The Hall–Kier alpha value is -1.44. The van der Waals surface area contributed by atoms with Gasteiger partial charge in [0.05, 0.1) is 11.1 Å². The number of amides is 1. The second-order valence-corrected chi connectivity index (χ2v) is 6.93. The summed E-state index contributed by atoms with van der Waals surface area (Å²) >= 11 is 3.48. The Morgan fingerprint density at radius 2 is 2.12 bits per heavy atom. The number of carbonyl (C=O) groups excluding carboxylic acids is 1. The summed E-state index contributed by atoms with van der Waals surface area (Å²) < 4.78 is 0.735. The number of fused-ring (bicyclic) bond motifs is 1. The number of H-pyrrole nitrogens is 1. The molecule has 0 spiro atoms. The van der Waals surface area contributed by atoms with Crippen LogP contribution in [0, 0.1) is 17.2 Å². The molecule has 2 aromatic rings. The molecule has 132 valence electrons. The fourth-order valence-corrected chi connectivity index (χ4v) is 2.82. The molecule has 5 N–H and O–H groups in total. The molecule has 2 heterocycles. The Kier molecular flexibility index (Phi) is 7.38. The largest absolute Gasteiger partial charge is 0.344 e. The zero-order chi connectivity index (χ0) is 17.1. The number of hydrogen-bond donors (Lipinski definition) is 4. The van der Waals surface area contributed by atoms with E-state index in [0.29, 0.717) is 30.0 Å². The van der Waals surface area contributed by atoms with E-state index in [-0.39, 0.29) is 30.2 Å². The third-order valence-corrected chi connectivity index (χ3v) is 4.30. The number of carbonyl (C=O) groups is 1. The Balaban J connectivity index is 0.00000288. The normalized spacial score (nSPS) is 12.1. The van der Waals surface area contributed by atoms with Gasteiger partial charge in [0.25, 0.3) is 0 Å². The number of aromatic amines is 1. The molecule has 8 heteroatoms. The van der Waals surface area contributed by atoms with Gasteiger partial charge < -0.3 is 21.4 Å². The number of nitrogens with one attached hydrogen (secondary N) is 3. The summed E-state index contributed by atoms with van der Waals surface area (Å²) in [5, 5.41) is 12.1. The lowest BCUT2D eigenvalue weighted by atomic mass is 9.97. The topological polar surface area (TPSA) is 108 Å². The van der Waals surface area contributed by atoms with Gasteiger partial charge in [-0.3, -0.25) is 4.79 Å². The molecule has 0 radical (unpaired) electrons. The van der Waals surface area contributed by atoms with E-state index < -0.39 is 0 Å². The smallest absolute Gasteiger partial charge is 0.226 e. The van der Waals surface area contributed by atoms with Crippen LogP contribution in [0.25, 0.3) is 11.0 Å². The summed E-state index contributed by atoms with van der Waals surface area (Å²) in [6.07, 6.45) is 3.95. The van der Waals surface area contributed by atoms with Gasteiger partial charge in [-0.15, -0.1) is 12.4 Å². The van der Waals surface area contributed by atoms with Crippen LogP contribution in [0.4, 0.5) is 5.69 Å². The van der Waals surface area contributed by atoms with E-state index in [4.69, 9.17) is 11.1 Å². The number of rotatable bonds is 6. The van der Waals surface area contributed by atoms with E-state index in [9.17, 15) is 4.79 Å².